The average molecular weight is 278 g/mol. The molecule has 0 bridgehead atoms. The summed E-state index contributed by atoms with van der Waals surface area (Å²) in [4.78, 5) is 2.30. The van der Waals surface area contributed by atoms with Gasteiger partial charge < -0.3 is 15.0 Å². The third-order valence-electron chi connectivity index (χ3n) is 3.93. The van der Waals surface area contributed by atoms with Crippen LogP contribution in [0.15, 0.2) is 24.3 Å². The number of nitrogens with one attached hydrogen (secondary N) is 1. The third kappa shape index (κ3) is 4.80. The van der Waals surface area contributed by atoms with E-state index in [9.17, 15) is 0 Å². The molecule has 3 heteroatoms. The van der Waals surface area contributed by atoms with E-state index in [0.29, 0.717) is 18.0 Å². The maximum absolute atomic E-state index is 5.22. The maximum Gasteiger partial charge on any atom is 0.118 e. The van der Waals surface area contributed by atoms with Crippen molar-refractivity contribution in [3.63, 3.8) is 0 Å². The van der Waals surface area contributed by atoms with Crippen molar-refractivity contribution in [2.45, 2.75) is 39.3 Å². The first-order valence-corrected chi connectivity index (χ1v) is 7.53. The van der Waals surface area contributed by atoms with E-state index in [4.69, 9.17) is 4.74 Å². The number of benzene rings is 1. The maximum atomic E-state index is 5.22. The molecule has 1 N–H and O–H groups in total. The molecule has 1 aromatic carbocycles. The lowest BCUT2D eigenvalue weighted by atomic mass is 10.0. The van der Waals surface area contributed by atoms with Gasteiger partial charge in [0.15, 0.2) is 0 Å². The normalized spacial score (nSPS) is 14.6. The molecular weight excluding hydrogens is 248 g/mol. The van der Waals surface area contributed by atoms with Gasteiger partial charge in [-0.15, -0.1) is 0 Å². The highest BCUT2D eigenvalue weighted by molar-refractivity contribution is 5.29. The summed E-state index contributed by atoms with van der Waals surface area (Å²) in [6, 6.07) is 9.33. The topological polar surface area (TPSA) is 24.5 Å². The van der Waals surface area contributed by atoms with Crippen LogP contribution in [0.1, 0.15) is 38.8 Å². The van der Waals surface area contributed by atoms with Gasteiger partial charge in [-0.1, -0.05) is 32.9 Å². The first kappa shape index (κ1) is 17.0. The molecule has 0 aliphatic carbocycles. The first-order valence-electron chi connectivity index (χ1n) is 7.53. The summed E-state index contributed by atoms with van der Waals surface area (Å²) in [7, 11) is 6.01. The van der Waals surface area contributed by atoms with E-state index in [1.807, 2.05) is 12.1 Å². The fraction of sp³-hybridized carbons (Fsp3) is 0.647. The van der Waals surface area contributed by atoms with E-state index in [1.54, 1.807) is 7.11 Å². The molecule has 2 unspecified atom stereocenters. The van der Waals surface area contributed by atoms with Crippen molar-refractivity contribution in [3.8, 4) is 5.75 Å². The molecule has 0 amide bonds. The van der Waals surface area contributed by atoms with Gasteiger partial charge in [0.2, 0.25) is 0 Å². The zero-order chi connectivity index (χ0) is 15.1. The van der Waals surface area contributed by atoms with Crippen molar-refractivity contribution >= 4 is 0 Å². The largest absolute Gasteiger partial charge is 0.497 e. The molecule has 0 saturated heterocycles. The Morgan fingerprint density at radius 3 is 2.15 bits per heavy atom. The summed E-state index contributed by atoms with van der Waals surface area (Å²) >= 11 is 0. The van der Waals surface area contributed by atoms with Crippen LogP contribution in [-0.2, 0) is 0 Å². The Balaban J connectivity index is 2.66. The molecule has 114 valence electrons. The summed E-state index contributed by atoms with van der Waals surface area (Å²) in [5.74, 6) is 1.56. The molecule has 0 radical (unpaired) electrons. The van der Waals surface area contributed by atoms with Gasteiger partial charge in [-0.3, -0.25) is 0 Å². The van der Waals surface area contributed by atoms with Crippen LogP contribution in [0.2, 0.25) is 0 Å². The van der Waals surface area contributed by atoms with E-state index in [2.05, 4.69) is 57.2 Å². The number of ether oxygens (including phenoxy) is 1. The molecule has 0 fully saturated rings. The molecule has 0 heterocycles. The summed E-state index contributed by atoms with van der Waals surface area (Å²) in [6.45, 7) is 7.79. The monoisotopic (exact) mass is 278 g/mol. The second-order valence-corrected chi connectivity index (χ2v) is 5.92. The number of likely N-dealkylation sites (N-methyl/N-ethyl adjacent to an activating group) is 1. The van der Waals surface area contributed by atoms with Gasteiger partial charge in [-0.25, -0.2) is 0 Å². The van der Waals surface area contributed by atoms with Crippen molar-refractivity contribution < 1.29 is 4.74 Å². The Hall–Kier alpha value is -1.06. The minimum absolute atomic E-state index is 0.405. The molecule has 2 atom stereocenters. The van der Waals surface area contributed by atoms with E-state index >= 15 is 0 Å². The zero-order valence-corrected chi connectivity index (χ0v) is 13.8. The van der Waals surface area contributed by atoms with E-state index < -0.39 is 0 Å². The molecule has 3 nitrogen and oxygen atoms in total. The summed E-state index contributed by atoms with van der Waals surface area (Å²) in [5, 5.41) is 3.70. The Morgan fingerprint density at radius 2 is 1.75 bits per heavy atom. The second-order valence-electron chi connectivity index (χ2n) is 5.92. The van der Waals surface area contributed by atoms with Crippen LogP contribution >= 0.6 is 0 Å². The zero-order valence-electron chi connectivity index (χ0n) is 13.8. The summed E-state index contributed by atoms with van der Waals surface area (Å²) < 4.78 is 5.22. The molecule has 1 rings (SSSR count). The van der Waals surface area contributed by atoms with Crippen molar-refractivity contribution in [2.75, 3.05) is 27.7 Å². The van der Waals surface area contributed by atoms with Gasteiger partial charge in [0.1, 0.15) is 5.75 Å². The first-order chi connectivity index (χ1) is 9.49. The van der Waals surface area contributed by atoms with Gasteiger partial charge in [-0.05, 0) is 44.1 Å². The Morgan fingerprint density at radius 1 is 1.15 bits per heavy atom. The molecular formula is C17H30N2O. The predicted molar refractivity (Wildman–Crippen MR) is 86.3 cm³/mol. The predicted octanol–water partition coefficient (Wildman–Crippen LogP) is 3.32. The lowest BCUT2D eigenvalue weighted by Crippen LogP contribution is -2.42. The fourth-order valence-electron chi connectivity index (χ4n) is 2.61. The minimum Gasteiger partial charge on any atom is -0.497 e. The van der Waals surface area contributed by atoms with Crippen LogP contribution in [-0.4, -0.2) is 38.7 Å². The Kier molecular flexibility index (Phi) is 7.03. The van der Waals surface area contributed by atoms with Crippen LogP contribution < -0.4 is 10.1 Å². The fourth-order valence-corrected chi connectivity index (χ4v) is 2.61. The number of hydrogen-bond donors (Lipinski definition) is 1. The lowest BCUT2D eigenvalue weighted by Gasteiger charge is -2.30. The number of nitrogens with zero attached hydrogens (tertiary/aromatic N) is 1. The smallest absolute Gasteiger partial charge is 0.118 e. The number of hydrogen-bond acceptors (Lipinski definition) is 3. The van der Waals surface area contributed by atoms with Crippen molar-refractivity contribution in [2.24, 2.45) is 5.92 Å². The molecule has 1 aromatic rings. The lowest BCUT2D eigenvalue weighted by molar-refractivity contribution is 0.218. The SMILES string of the molecule is CCC(NCC(C(C)C)N(C)C)c1ccc(OC)cc1. The van der Waals surface area contributed by atoms with Crippen LogP contribution in [0.4, 0.5) is 0 Å². The Bertz CT molecular complexity index is 365. The summed E-state index contributed by atoms with van der Waals surface area (Å²) in [6.07, 6.45) is 1.09. The van der Waals surface area contributed by atoms with Crippen molar-refractivity contribution in [1.29, 1.82) is 0 Å². The number of rotatable bonds is 8. The quantitative estimate of drug-likeness (QED) is 0.789. The molecule has 0 aromatic heterocycles. The van der Waals surface area contributed by atoms with E-state index in [-0.39, 0.29) is 0 Å². The standard InChI is InChI=1S/C17H30N2O/c1-7-16(14-8-10-15(20-6)11-9-14)18-12-17(13(2)3)19(4)5/h8-11,13,16-18H,7,12H2,1-6H3. The van der Waals surface area contributed by atoms with Crippen LogP contribution in [0.25, 0.3) is 0 Å². The van der Waals surface area contributed by atoms with E-state index in [1.165, 1.54) is 5.56 Å². The average Bonchev–Trinajstić information content (AvgIpc) is 2.43. The molecule has 0 aliphatic heterocycles. The highest BCUT2D eigenvalue weighted by Crippen LogP contribution is 2.20. The molecule has 20 heavy (non-hydrogen) atoms. The molecule has 0 spiro atoms. The van der Waals surface area contributed by atoms with Gasteiger partial charge >= 0.3 is 0 Å². The van der Waals surface area contributed by atoms with Crippen LogP contribution in [0.3, 0.4) is 0 Å². The number of methoxy groups -OCH3 is 1. The second kappa shape index (κ2) is 8.28. The highest BCUT2D eigenvalue weighted by Gasteiger charge is 2.17. The minimum atomic E-state index is 0.405. The van der Waals surface area contributed by atoms with Gasteiger partial charge in [-0.2, -0.15) is 0 Å². The Labute approximate surface area is 124 Å². The van der Waals surface area contributed by atoms with Gasteiger partial charge in [0, 0.05) is 18.6 Å². The van der Waals surface area contributed by atoms with Crippen LogP contribution in [0.5, 0.6) is 5.75 Å². The summed E-state index contributed by atoms with van der Waals surface area (Å²) in [5.41, 5.74) is 1.33. The van der Waals surface area contributed by atoms with Crippen molar-refractivity contribution in [3.05, 3.63) is 29.8 Å². The highest BCUT2D eigenvalue weighted by atomic mass is 16.5. The van der Waals surface area contributed by atoms with Gasteiger partial charge in [0.05, 0.1) is 7.11 Å². The molecule has 0 aliphatic rings. The van der Waals surface area contributed by atoms with Crippen molar-refractivity contribution in [1.82, 2.24) is 10.2 Å². The van der Waals surface area contributed by atoms with Gasteiger partial charge in [0.25, 0.3) is 0 Å². The third-order valence-corrected chi connectivity index (χ3v) is 3.93. The van der Waals surface area contributed by atoms with E-state index in [0.717, 1.165) is 18.7 Å². The molecule has 0 saturated carbocycles. The van der Waals surface area contributed by atoms with Crippen LogP contribution in [0, 0.1) is 5.92 Å².